The molecule has 8 heteroatoms. The number of nitro groups is 1. The topological polar surface area (TPSA) is 101 Å². The highest BCUT2D eigenvalue weighted by molar-refractivity contribution is 7.98. The van der Waals surface area contributed by atoms with Gasteiger partial charge in [-0.25, -0.2) is 0 Å². The molecule has 0 saturated carbocycles. The molecule has 28 heavy (non-hydrogen) atoms. The van der Waals surface area contributed by atoms with Crippen molar-refractivity contribution in [3.05, 3.63) is 69.3 Å². The second-order valence-electron chi connectivity index (χ2n) is 6.40. The Kier molecular flexibility index (Phi) is 7.57. The van der Waals surface area contributed by atoms with Gasteiger partial charge in [0, 0.05) is 23.4 Å². The van der Waals surface area contributed by atoms with E-state index >= 15 is 0 Å². The van der Waals surface area contributed by atoms with Gasteiger partial charge in [0.05, 0.1) is 4.92 Å². The molecule has 7 nitrogen and oxygen atoms in total. The van der Waals surface area contributed by atoms with Gasteiger partial charge in [0.2, 0.25) is 5.91 Å². The average Bonchev–Trinajstić information content (AvgIpc) is 2.67. The Morgan fingerprint density at radius 2 is 1.89 bits per heavy atom. The van der Waals surface area contributed by atoms with E-state index in [9.17, 15) is 19.7 Å². The van der Waals surface area contributed by atoms with Crippen LogP contribution in [0.4, 0.5) is 11.4 Å². The van der Waals surface area contributed by atoms with E-state index in [2.05, 4.69) is 10.6 Å². The quantitative estimate of drug-likeness (QED) is 0.519. The fourth-order valence-electron chi connectivity index (χ4n) is 2.56. The minimum atomic E-state index is -0.749. The van der Waals surface area contributed by atoms with Crippen molar-refractivity contribution in [1.29, 1.82) is 0 Å². The molecule has 1 atom stereocenters. The minimum Gasteiger partial charge on any atom is -0.340 e. The molecule has 0 heterocycles. The number of anilines is 1. The van der Waals surface area contributed by atoms with Crippen LogP contribution in [0.5, 0.6) is 0 Å². The number of non-ortho nitro benzene ring substituents is 1. The number of aryl methyl sites for hydroxylation is 2. The second kappa shape index (κ2) is 9.89. The Morgan fingerprint density at radius 3 is 2.54 bits per heavy atom. The van der Waals surface area contributed by atoms with Gasteiger partial charge >= 0.3 is 0 Å². The molecule has 0 aromatic heterocycles. The van der Waals surface area contributed by atoms with Gasteiger partial charge in [0.1, 0.15) is 6.04 Å². The normalized spacial score (nSPS) is 11.5. The van der Waals surface area contributed by atoms with Crippen LogP contribution in [0, 0.1) is 24.0 Å². The summed E-state index contributed by atoms with van der Waals surface area (Å²) in [5.41, 5.74) is 2.80. The molecule has 2 rings (SSSR count). The van der Waals surface area contributed by atoms with Gasteiger partial charge in [-0.1, -0.05) is 12.1 Å². The molecule has 0 bridgehead atoms. The lowest BCUT2D eigenvalue weighted by Gasteiger charge is -2.18. The molecule has 2 aromatic rings. The maximum absolute atomic E-state index is 12.7. The van der Waals surface area contributed by atoms with Gasteiger partial charge in [-0.05, 0) is 61.6 Å². The van der Waals surface area contributed by atoms with E-state index in [0.717, 1.165) is 11.1 Å². The molecular weight excluding hydrogens is 378 g/mol. The fraction of sp³-hybridized carbons (Fsp3) is 0.300. The largest absolute Gasteiger partial charge is 0.340 e. The summed E-state index contributed by atoms with van der Waals surface area (Å²) in [5.74, 6) is -0.165. The first kappa shape index (κ1) is 21.4. The molecule has 0 radical (unpaired) electrons. The van der Waals surface area contributed by atoms with Gasteiger partial charge < -0.3 is 10.6 Å². The fourth-order valence-corrected chi connectivity index (χ4v) is 3.03. The van der Waals surface area contributed by atoms with E-state index in [1.165, 1.54) is 24.3 Å². The lowest BCUT2D eigenvalue weighted by molar-refractivity contribution is -0.384. The molecule has 0 aliphatic rings. The van der Waals surface area contributed by atoms with Crippen molar-refractivity contribution in [1.82, 2.24) is 5.32 Å². The van der Waals surface area contributed by atoms with Crippen LogP contribution in [0.3, 0.4) is 0 Å². The van der Waals surface area contributed by atoms with Gasteiger partial charge in [-0.15, -0.1) is 0 Å². The molecule has 2 amide bonds. The van der Waals surface area contributed by atoms with Crippen molar-refractivity contribution in [2.45, 2.75) is 26.3 Å². The van der Waals surface area contributed by atoms with E-state index in [0.29, 0.717) is 17.9 Å². The van der Waals surface area contributed by atoms with Crippen LogP contribution >= 0.6 is 11.8 Å². The van der Waals surface area contributed by atoms with Gasteiger partial charge in [-0.2, -0.15) is 11.8 Å². The van der Waals surface area contributed by atoms with E-state index in [1.54, 1.807) is 11.8 Å². The Hall–Kier alpha value is -2.87. The Morgan fingerprint density at radius 1 is 1.14 bits per heavy atom. The smallest absolute Gasteiger partial charge is 0.270 e. The monoisotopic (exact) mass is 401 g/mol. The lowest BCUT2D eigenvalue weighted by atomic mass is 10.1. The van der Waals surface area contributed by atoms with Crippen LogP contribution in [-0.2, 0) is 4.79 Å². The summed E-state index contributed by atoms with van der Waals surface area (Å²) in [4.78, 5) is 35.6. The number of nitrogens with one attached hydrogen (secondary N) is 2. The zero-order valence-electron chi connectivity index (χ0n) is 16.0. The third-order valence-electron chi connectivity index (χ3n) is 4.33. The van der Waals surface area contributed by atoms with Crippen molar-refractivity contribution < 1.29 is 14.5 Å². The number of nitro benzene ring substituents is 1. The van der Waals surface area contributed by atoms with Crippen LogP contribution in [-0.4, -0.2) is 34.8 Å². The molecule has 2 N–H and O–H groups in total. The van der Waals surface area contributed by atoms with Crippen molar-refractivity contribution in [2.24, 2.45) is 0 Å². The number of amides is 2. The zero-order chi connectivity index (χ0) is 20.7. The molecule has 148 valence electrons. The number of nitrogens with zero attached hydrogens (tertiary/aromatic N) is 1. The van der Waals surface area contributed by atoms with E-state index < -0.39 is 16.9 Å². The predicted octanol–water partition coefficient (Wildman–Crippen LogP) is 3.70. The molecule has 2 aromatic carbocycles. The first-order valence-electron chi connectivity index (χ1n) is 8.74. The number of carbonyl (C=O) groups is 2. The third kappa shape index (κ3) is 5.82. The number of thioether (sulfide) groups is 1. The molecular formula is C20H23N3O4S. The summed E-state index contributed by atoms with van der Waals surface area (Å²) in [7, 11) is 0. The van der Waals surface area contributed by atoms with E-state index in [1.807, 2.05) is 38.3 Å². The van der Waals surface area contributed by atoms with Gasteiger partial charge in [0.15, 0.2) is 0 Å². The van der Waals surface area contributed by atoms with E-state index in [-0.39, 0.29) is 17.2 Å². The number of benzene rings is 2. The van der Waals surface area contributed by atoms with Gasteiger partial charge in [0.25, 0.3) is 11.6 Å². The molecule has 0 saturated heterocycles. The Balaban J connectivity index is 2.14. The first-order chi connectivity index (χ1) is 13.3. The predicted molar refractivity (Wildman–Crippen MR) is 112 cm³/mol. The summed E-state index contributed by atoms with van der Waals surface area (Å²) in [5, 5.41) is 16.4. The van der Waals surface area contributed by atoms with Crippen LogP contribution in [0.25, 0.3) is 0 Å². The highest BCUT2D eigenvalue weighted by Crippen LogP contribution is 2.16. The summed E-state index contributed by atoms with van der Waals surface area (Å²) < 4.78 is 0. The molecule has 0 aliphatic carbocycles. The van der Waals surface area contributed by atoms with Crippen LogP contribution in [0.1, 0.15) is 27.9 Å². The number of hydrogen-bond donors (Lipinski definition) is 2. The van der Waals surface area contributed by atoms with Crippen molar-refractivity contribution >= 4 is 35.0 Å². The van der Waals surface area contributed by atoms with Crippen molar-refractivity contribution in [2.75, 3.05) is 17.3 Å². The molecule has 0 aliphatic heterocycles. The summed E-state index contributed by atoms with van der Waals surface area (Å²) in [6.07, 6.45) is 2.36. The SMILES string of the molecule is CSCC[C@@H](NC(=O)c1cccc([N+](=O)[O-])c1)C(=O)Nc1ccc(C)c(C)c1. The number of carbonyl (C=O) groups excluding carboxylic acids is 2. The molecule has 0 fully saturated rings. The summed E-state index contributed by atoms with van der Waals surface area (Å²) in [6.45, 7) is 3.95. The van der Waals surface area contributed by atoms with Crippen LogP contribution in [0.2, 0.25) is 0 Å². The van der Waals surface area contributed by atoms with E-state index in [4.69, 9.17) is 0 Å². The highest BCUT2D eigenvalue weighted by Gasteiger charge is 2.22. The second-order valence-corrected chi connectivity index (χ2v) is 7.39. The first-order valence-corrected chi connectivity index (χ1v) is 10.1. The number of hydrogen-bond acceptors (Lipinski definition) is 5. The maximum atomic E-state index is 12.7. The zero-order valence-corrected chi connectivity index (χ0v) is 16.8. The Bertz CT molecular complexity index is 886. The van der Waals surface area contributed by atoms with Gasteiger partial charge in [-0.3, -0.25) is 19.7 Å². The molecule has 0 unspecified atom stereocenters. The maximum Gasteiger partial charge on any atom is 0.270 e. The lowest BCUT2D eigenvalue weighted by Crippen LogP contribution is -2.44. The molecule has 0 spiro atoms. The summed E-state index contributed by atoms with van der Waals surface area (Å²) >= 11 is 1.57. The number of rotatable bonds is 8. The Labute approximate surface area is 168 Å². The van der Waals surface area contributed by atoms with Crippen molar-refractivity contribution in [3.8, 4) is 0 Å². The van der Waals surface area contributed by atoms with Crippen LogP contribution in [0.15, 0.2) is 42.5 Å². The minimum absolute atomic E-state index is 0.141. The summed E-state index contributed by atoms with van der Waals surface area (Å²) in [6, 6.07) is 10.3. The standard InChI is InChI=1S/C20H23N3O4S/c1-13-7-8-16(11-14(13)2)21-20(25)18(9-10-28-3)22-19(24)15-5-4-6-17(12-15)23(26)27/h4-8,11-12,18H,9-10H2,1-3H3,(H,21,25)(H,22,24)/t18-/m1/s1. The van der Waals surface area contributed by atoms with Crippen molar-refractivity contribution in [3.63, 3.8) is 0 Å². The van der Waals surface area contributed by atoms with Crippen LogP contribution < -0.4 is 10.6 Å². The highest BCUT2D eigenvalue weighted by atomic mass is 32.2. The third-order valence-corrected chi connectivity index (χ3v) is 4.97. The average molecular weight is 401 g/mol.